The molecule has 3 N–H and O–H groups in total. The lowest BCUT2D eigenvalue weighted by molar-refractivity contribution is -0.137. The number of rotatable bonds is 32. The van der Waals surface area contributed by atoms with Crippen molar-refractivity contribution >= 4 is 24.4 Å². The Labute approximate surface area is 236 Å². The number of carboxylic acid groups (broad SMARTS) is 1. The van der Waals surface area contributed by atoms with Gasteiger partial charge in [0, 0.05) is 19.4 Å². The van der Waals surface area contributed by atoms with E-state index in [-0.39, 0.29) is 12.5 Å². The summed E-state index contributed by atoms with van der Waals surface area (Å²) >= 11 is 0. The lowest BCUT2D eigenvalue weighted by atomic mass is 10.0. The maximum Gasteiger partial charge on any atom is 0.303 e. The van der Waals surface area contributed by atoms with Crippen LogP contribution in [-0.2, 0) is 28.7 Å². The van der Waals surface area contributed by atoms with Gasteiger partial charge >= 0.3 is 5.97 Å². The van der Waals surface area contributed by atoms with Gasteiger partial charge in [0.15, 0.2) is 0 Å². The molecule has 0 saturated carbocycles. The topological polar surface area (TPSA) is 131 Å². The first-order valence-corrected chi connectivity index (χ1v) is 15.4. The molecule has 0 saturated heterocycles. The highest BCUT2D eigenvalue weighted by Gasteiger charge is 2.10. The number of carbonyl (C=O) groups is 4. The van der Waals surface area contributed by atoms with Gasteiger partial charge in [-0.25, -0.2) is 0 Å². The zero-order valence-corrected chi connectivity index (χ0v) is 24.3. The Bertz CT molecular complexity index is 590. The van der Waals surface area contributed by atoms with Crippen molar-refractivity contribution in [2.45, 2.75) is 128 Å². The summed E-state index contributed by atoms with van der Waals surface area (Å²) in [4.78, 5) is 43.9. The van der Waals surface area contributed by atoms with E-state index < -0.39 is 12.0 Å². The number of hydrogen-bond donors (Lipinski definition) is 3. The monoisotopic (exact) mass is 556 g/mol. The Morgan fingerprint density at radius 2 is 1.13 bits per heavy atom. The molecule has 1 amide bonds. The van der Waals surface area contributed by atoms with E-state index in [1.807, 2.05) is 0 Å². The molecule has 0 bridgehead atoms. The van der Waals surface area contributed by atoms with Crippen LogP contribution >= 0.6 is 0 Å². The Hall–Kier alpha value is -1.84. The number of hydrogen-bond acceptors (Lipinski definition) is 7. The van der Waals surface area contributed by atoms with E-state index in [1.165, 1.54) is 64.2 Å². The highest BCUT2D eigenvalue weighted by Crippen LogP contribution is 2.14. The molecule has 0 aliphatic heterocycles. The molecule has 0 aliphatic rings. The first kappa shape index (κ1) is 37.2. The Morgan fingerprint density at radius 3 is 1.62 bits per heavy atom. The van der Waals surface area contributed by atoms with E-state index >= 15 is 0 Å². The molecule has 9 nitrogen and oxygen atoms in total. The fraction of sp³-hybridized carbons (Fsp3) is 0.867. The molecule has 0 spiro atoms. The van der Waals surface area contributed by atoms with Crippen molar-refractivity contribution in [2.24, 2.45) is 0 Å². The van der Waals surface area contributed by atoms with Gasteiger partial charge in [0.1, 0.15) is 19.2 Å². The van der Waals surface area contributed by atoms with Gasteiger partial charge in [0.25, 0.3) is 0 Å². The number of amides is 1. The summed E-state index contributed by atoms with van der Waals surface area (Å²) in [5.74, 6) is -0.735. The van der Waals surface area contributed by atoms with Crippen molar-refractivity contribution in [2.75, 3.05) is 39.5 Å². The molecular weight excluding hydrogens is 500 g/mol. The van der Waals surface area contributed by atoms with Gasteiger partial charge in [-0.05, 0) is 25.8 Å². The lowest BCUT2D eigenvalue weighted by Crippen LogP contribution is -2.38. The molecule has 0 aromatic carbocycles. The second kappa shape index (κ2) is 30.7. The largest absolute Gasteiger partial charge is 0.481 e. The quantitative estimate of drug-likeness (QED) is 0.0780. The van der Waals surface area contributed by atoms with E-state index in [0.29, 0.717) is 58.5 Å². The fourth-order valence-corrected chi connectivity index (χ4v) is 4.37. The van der Waals surface area contributed by atoms with Crippen LogP contribution < -0.4 is 10.6 Å². The van der Waals surface area contributed by atoms with Crippen LogP contribution in [0.15, 0.2) is 0 Å². The summed E-state index contributed by atoms with van der Waals surface area (Å²) in [7, 11) is 0. The zero-order chi connectivity index (χ0) is 28.7. The number of carbonyl (C=O) groups excluding carboxylic acids is 3. The van der Waals surface area contributed by atoms with E-state index in [4.69, 9.17) is 14.6 Å². The predicted octanol–water partition coefficient (Wildman–Crippen LogP) is 4.99. The van der Waals surface area contributed by atoms with Gasteiger partial charge in [0.05, 0.1) is 25.9 Å². The highest BCUT2D eigenvalue weighted by atomic mass is 16.5. The SMILES string of the molecule is O=CCOCCOCCNCC[C@@H](C=O)NC(=O)CCCCCCCCCCCCCCCCCCC(=O)O. The van der Waals surface area contributed by atoms with Crippen LogP contribution in [-0.4, -0.2) is 75.1 Å². The van der Waals surface area contributed by atoms with Crippen molar-refractivity contribution in [3.8, 4) is 0 Å². The maximum absolute atomic E-state index is 12.1. The molecule has 9 heteroatoms. The molecule has 228 valence electrons. The fourth-order valence-electron chi connectivity index (χ4n) is 4.37. The number of unbranched alkanes of at least 4 members (excludes halogenated alkanes) is 15. The predicted molar refractivity (Wildman–Crippen MR) is 154 cm³/mol. The Balaban J connectivity index is 3.38. The standard InChI is InChI=1S/C30H56N2O7/c33-22-24-39-26-25-38-23-21-31-20-19-28(27-34)32-29(35)17-15-13-11-9-7-5-3-1-2-4-6-8-10-12-14-16-18-30(36)37/h22,27-28,31H,1-21,23-26H2,(H,32,35)(H,36,37)/t28-/m0/s1. The van der Waals surface area contributed by atoms with Crippen molar-refractivity contribution in [1.29, 1.82) is 0 Å². The first-order valence-electron chi connectivity index (χ1n) is 15.4. The van der Waals surface area contributed by atoms with Crippen LogP contribution in [0.3, 0.4) is 0 Å². The molecule has 0 radical (unpaired) electrons. The number of aliphatic carboxylic acids is 1. The second-order valence-electron chi connectivity index (χ2n) is 10.3. The number of nitrogens with one attached hydrogen (secondary N) is 2. The van der Waals surface area contributed by atoms with Crippen LogP contribution in [0.1, 0.15) is 122 Å². The normalized spacial score (nSPS) is 11.8. The molecular formula is C30H56N2O7. The average molecular weight is 557 g/mol. The molecule has 0 aromatic rings. The summed E-state index contributed by atoms with van der Waals surface area (Å²) in [6.45, 7) is 2.69. The summed E-state index contributed by atoms with van der Waals surface area (Å²) in [5.41, 5.74) is 0. The number of ether oxygens (including phenoxy) is 2. The number of carboxylic acids is 1. The minimum Gasteiger partial charge on any atom is -0.481 e. The van der Waals surface area contributed by atoms with Gasteiger partial charge in [-0.1, -0.05) is 89.9 Å². The van der Waals surface area contributed by atoms with E-state index in [1.54, 1.807) is 0 Å². The molecule has 0 heterocycles. The zero-order valence-electron chi connectivity index (χ0n) is 24.3. The smallest absolute Gasteiger partial charge is 0.303 e. The van der Waals surface area contributed by atoms with Crippen LogP contribution in [0, 0.1) is 0 Å². The molecule has 39 heavy (non-hydrogen) atoms. The summed E-state index contributed by atoms with van der Waals surface area (Å²) in [6.07, 6.45) is 21.8. The van der Waals surface area contributed by atoms with E-state index in [2.05, 4.69) is 10.6 Å². The summed E-state index contributed by atoms with van der Waals surface area (Å²) in [6, 6.07) is -0.460. The molecule has 0 aliphatic carbocycles. The van der Waals surface area contributed by atoms with E-state index in [9.17, 15) is 19.2 Å². The molecule has 1 atom stereocenters. The van der Waals surface area contributed by atoms with E-state index in [0.717, 1.165) is 44.8 Å². The highest BCUT2D eigenvalue weighted by molar-refractivity contribution is 5.79. The molecule has 0 aromatic heterocycles. The van der Waals surface area contributed by atoms with Crippen molar-refractivity contribution in [3.05, 3.63) is 0 Å². The van der Waals surface area contributed by atoms with Crippen LogP contribution in [0.5, 0.6) is 0 Å². The van der Waals surface area contributed by atoms with Gasteiger partial charge in [-0.3, -0.25) is 9.59 Å². The van der Waals surface area contributed by atoms with Crippen LogP contribution in [0.2, 0.25) is 0 Å². The van der Waals surface area contributed by atoms with Gasteiger partial charge in [-0.15, -0.1) is 0 Å². The third-order valence-corrected chi connectivity index (χ3v) is 6.67. The molecule has 0 unspecified atom stereocenters. The summed E-state index contributed by atoms with van der Waals surface area (Å²) in [5, 5.41) is 14.6. The second-order valence-corrected chi connectivity index (χ2v) is 10.3. The maximum atomic E-state index is 12.1. The minimum absolute atomic E-state index is 0.0519. The van der Waals surface area contributed by atoms with Crippen molar-refractivity contribution in [1.82, 2.24) is 10.6 Å². The van der Waals surface area contributed by atoms with Gasteiger partial charge in [0.2, 0.25) is 5.91 Å². The third-order valence-electron chi connectivity index (χ3n) is 6.67. The van der Waals surface area contributed by atoms with Crippen LogP contribution in [0.4, 0.5) is 0 Å². The number of aldehydes is 2. The molecule has 0 rings (SSSR count). The third kappa shape index (κ3) is 30.6. The van der Waals surface area contributed by atoms with Crippen LogP contribution in [0.25, 0.3) is 0 Å². The lowest BCUT2D eigenvalue weighted by Gasteiger charge is -2.13. The van der Waals surface area contributed by atoms with Crippen molar-refractivity contribution in [3.63, 3.8) is 0 Å². The Kier molecular flexibility index (Phi) is 29.2. The summed E-state index contributed by atoms with van der Waals surface area (Å²) < 4.78 is 10.3. The first-order chi connectivity index (χ1) is 19.1. The molecule has 0 fully saturated rings. The Morgan fingerprint density at radius 1 is 0.641 bits per heavy atom. The minimum atomic E-state index is -0.683. The van der Waals surface area contributed by atoms with Crippen molar-refractivity contribution < 1.29 is 33.8 Å². The van der Waals surface area contributed by atoms with Gasteiger partial charge in [-0.2, -0.15) is 0 Å². The average Bonchev–Trinajstić information content (AvgIpc) is 2.92. The van der Waals surface area contributed by atoms with Gasteiger partial charge < -0.3 is 34.8 Å².